The molecule has 0 spiro atoms. The number of imidazole rings is 1. The number of fused-ring (bicyclic) bond motifs is 1. The molecule has 1 atom stereocenters. The molecule has 1 saturated heterocycles. The lowest BCUT2D eigenvalue weighted by atomic mass is 10.1. The van der Waals surface area contributed by atoms with Gasteiger partial charge in [0.15, 0.2) is 0 Å². The Morgan fingerprint density at radius 3 is 2.93 bits per heavy atom. The molecular formula is C18H20N6O3. The lowest BCUT2D eigenvalue weighted by Crippen LogP contribution is -2.37. The van der Waals surface area contributed by atoms with Crippen molar-refractivity contribution in [3.05, 3.63) is 42.0 Å². The molecule has 0 aliphatic carbocycles. The van der Waals surface area contributed by atoms with E-state index in [0.717, 1.165) is 36.6 Å². The summed E-state index contributed by atoms with van der Waals surface area (Å²) < 4.78 is 0. The number of aromatic nitrogens is 2. The highest BCUT2D eigenvalue weighted by Crippen LogP contribution is 2.33. The Balaban J connectivity index is 1.48. The van der Waals surface area contributed by atoms with Gasteiger partial charge < -0.3 is 20.1 Å². The zero-order chi connectivity index (χ0) is 19.0. The van der Waals surface area contributed by atoms with Gasteiger partial charge in [0.05, 0.1) is 25.0 Å². The monoisotopic (exact) mass is 368 g/mol. The van der Waals surface area contributed by atoms with Crippen LogP contribution >= 0.6 is 0 Å². The lowest BCUT2D eigenvalue weighted by Gasteiger charge is -2.22. The molecule has 3 heterocycles. The van der Waals surface area contributed by atoms with Gasteiger partial charge in [0, 0.05) is 31.2 Å². The quantitative estimate of drug-likeness (QED) is 0.667. The van der Waals surface area contributed by atoms with Gasteiger partial charge in [-0.05, 0) is 24.1 Å². The first kappa shape index (κ1) is 17.1. The molecule has 2 aliphatic rings. The van der Waals surface area contributed by atoms with E-state index in [1.54, 1.807) is 19.6 Å². The number of hydrogen-bond acceptors (Lipinski definition) is 5. The molecule has 9 heteroatoms. The summed E-state index contributed by atoms with van der Waals surface area (Å²) in [4.78, 5) is 46.3. The van der Waals surface area contributed by atoms with E-state index in [1.165, 1.54) is 10.5 Å². The lowest BCUT2D eigenvalue weighted by molar-refractivity contribution is -0.124. The van der Waals surface area contributed by atoms with Crippen LogP contribution in [0.15, 0.2) is 30.7 Å². The molecule has 1 aromatic carbocycles. The fraction of sp³-hybridized carbons (Fsp3) is 0.333. The molecule has 27 heavy (non-hydrogen) atoms. The minimum absolute atomic E-state index is 0.0803. The van der Waals surface area contributed by atoms with Gasteiger partial charge >= 0.3 is 6.03 Å². The fourth-order valence-corrected chi connectivity index (χ4v) is 3.44. The third-order valence-corrected chi connectivity index (χ3v) is 4.98. The van der Waals surface area contributed by atoms with Crippen LogP contribution < -0.4 is 20.4 Å². The van der Waals surface area contributed by atoms with Crippen molar-refractivity contribution in [3.63, 3.8) is 0 Å². The van der Waals surface area contributed by atoms with Gasteiger partial charge in [0.1, 0.15) is 6.04 Å². The highest BCUT2D eigenvalue weighted by molar-refractivity contribution is 6.07. The van der Waals surface area contributed by atoms with Gasteiger partial charge in [-0.3, -0.25) is 14.9 Å². The minimum atomic E-state index is -0.821. The van der Waals surface area contributed by atoms with Crippen LogP contribution in [0, 0.1) is 0 Å². The number of carbonyl (C=O) groups excluding carboxylic acids is 3. The Labute approximate surface area is 155 Å². The van der Waals surface area contributed by atoms with Crippen molar-refractivity contribution in [2.75, 3.05) is 23.4 Å². The van der Waals surface area contributed by atoms with Crippen LogP contribution in [-0.4, -0.2) is 47.4 Å². The van der Waals surface area contributed by atoms with Gasteiger partial charge in [-0.15, -0.1) is 0 Å². The summed E-state index contributed by atoms with van der Waals surface area (Å²) in [7, 11) is 1.67. The van der Waals surface area contributed by atoms with Crippen molar-refractivity contribution < 1.29 is 14.4 Å². The fourth-order valence-electron chi connectivity index (χ4n) is 3.44. The Morgan fingerprint density at radius 2 is 2.22 bits per heavy atom. The van der Waals surface area contributed by atoms with E-state index < -0.39 is 18.0 Å². The van der Waals surface area contributed by atoms with E-state index in [0.29, 0.717) is 0 Å². The average molecular weight is 368 g/mol. The smallest absolute Gasteiger partial charge is 0.322 e. The second-order valence-electron chi connectivity index (χ2n) is 6.73. The summed E-state index contributed by atoms with van der Waals surface area (Å²) in [5, 5.41) is 4.59. The van der Waals surface area contributed by atoms with E-state index >= 15 is 0 Å². The van der Waals surface area contributed by atoms with Crippen LogP contribution in [0.1, 0.15) is 17.7 Å². The summed E-state index contributed by atoms with van der Waals surface area (Å²) in [6.07, 6.45) is 4.34. The maximum absolute atomic E-state index is 12.6. The number of rotatable bonds is 5. The molecule has 2 aliphatic heterocycles. The third-order valence-electron chi connectivity index (χ3n) is 4.98. The predicted molar refractivity (Wildman–Crippen MR) is 98.3 cm³/mol. The van der Waals surface area contributed by atoms with Crippen molar-refractivity contribution in [2.24, 2.45) is 0 Å². The van der Waals surface area contributed by atoms with Crippen molar-refractivity contribution in [3.8, 4) is 0 Å². The SMILES string of the molecule is CN(C(=O)CC1NC(=O)NC1=O)c1ccc2c(c1)N(Cc1cnc[nH]1)CC2. The van der Waals surface area contributed by atoms with E-state index in [2.05, 4.69) is 25.5 Å². The topological polar surface area (TPSA) is 110 Å². The van der Waals surface area contributed by atoms with E-state index in [9.17, 15) is 14.4 Å². The number of benzene rings is 1. The summed E-state index contributed by atoms with van der Waals surface area (Å²) in [5.41, 5.74) is 4.11. The van der Waals surface area contributed by atoms with Gasteiger partial charge in [0.2, 0.25) is 5.91 Å². The largest absolute Gasteiger partial charge is 0.365 e. The van der Waals surface area contributed by atoms with Gasteiger partial charge in [-0.25, -0.2) is 9.78 Å². The molecule has 3 N–H and O–H groups in total. The zero-order valence-corrected chi connectivity index (χ0v) is 14.9. The van der Waals surface area contributed by atoms with Crippen LogP contribution in [0.5, 0.6) is 0 Å². The maximum Gasteiger partial charge on any atom is 0.322 e. The summed E-state index contributed by atoms with van der Waals surface area (Å²) in [5.74, 6) is -0.711. The molecule has 2 aromatic rings. The molecule has 1 fully saturated rings. The predicted octanol–water partition coefficient (Wildman–Crippen LogP) is 0.533. The van der Waals surface area contributed by atoms with Crippen molar-refractivity contribution >= 4 is 29.2 Å². The number of hydrogen-bond donors (Lipinski definition) is 3. The molecule has 0 bridgehead atoms. The van der Waals surface area contributed by atoms with E-state index in [1.807, 2.05) is 18.2 Å². The number of anilines is 2. The Bertz CT molecular complexity index is 895. The second-order valence-corrected chi connectivity index (χ2v) is 6.73. The van der Waals surface area contributed by atoms with E-state index in [-0.39, 0.29) is 12.3 Å². The number of carbonyl (C=O) groups is 3. The van der Waals surface area contributed by atoms with Crippen molar-refractivity contribution in [1.29, 1.82) is 0 Å². The Morgan fingerprint density at radius 1 is 1.37 bits per heavy atom. The number of nitrogens with zero attached hydrogens (tertiary/aromatic N) is 3. The Kier molecular flexibility index (Phi) is 4.27. The summed E-state index contributed by atoms with van der Waals surface area (Å²) in [6.45, 7) is 1.63. The molecule has 1 aromatic heterocycles. The molecule has 1 unspecified atom stereocenters. The molecule has 0 saturated carbocycles. The molecular weight excluding hydrogens is 348 g/mol. The third kappa shape index (κ3) is 3.35. The van der Waals surface area contributed by atoms with Crippen LogP contribution in [0.2, 0.25) is 0 Å². The number of H-pyrrole nitrogens is 1. The van der Waals surface area contributed by atoms with Crippen LogP contribution in [-0.2, 0) is 22.6 Å². The summed E-state index contributed by atoms with van der Waals surface area (Å²) in [6, 6.07) is 4.55. The second kappa shape index (κ2) is 6.75. The molecule has 9 nitrogen and oxygen atoms in total. The first-order chi connectivity index (χ1) is 13.0. The van der Waals surface area contributed by atoms with E-state index in [4.69, 9.17) is 0 Å². The molecule has 0 radical (unpaired) electrons. The van der Waals surface area contributed by atoms with Crippen LogP contribution in [0.3, 0.4) is 0 Å². The van der Waals surface area contributed by atoms with Gasteiger partial charge in [-0.2, -0.15) is 0 Å². The number of nitrogens with one attached hydrogen (secondary N) is 3. The Hall–Kier alpha value is -3.36. The molecule has 140 valence electrons. The highest BCUT2D eigenvalue weighted by atomic mass is 16.2. The summed E-state index contributed by atoms with van der Waals surface area (Å²) >= 11 is 0. The molecule has 4 amide bonds. The normalized spacial score (nSPS) is 18.3. The number of aromatic amines is 1. The van der Waals surface area contributed by atoms with Crippen LogP contribution in [0.4, 0.5) is 16.2 Å². The number of urea groups is 1. The first-order valence-electron chi connectivity index (χ1n) is 8.74. The number of amides is 4. The zero-order valence-electron chi connectivity index (χ0n) is 14.9. The van der Waals surface area contributed by atoms with Crippen molar-refractivity contribution in [2.45, 2.75) is 25.4 Å². The van der Waals surface area contributed by atoms with Crippen molar-refractivity contribution in [1.82, 2.24) is 20.6 Å². The molecule has 4 rings (SSSR count). The van der Waals surface area contributed by atoms with Gasteiger partial charge in [0.25, 0.3) is 5.91 Å². The van der Waals surface area contributed by atoms with Crippen LogP contribution in [0.25, 0.3) is 0 Å². The standard InChI is InChI=1S/C18H20N6O3/c1-23(16(25)7-14-17(26)22-18(27)21-14)13-3-2-11-4-5-24(15(11)6-13)9-12-8-19-10-20-12/h2-3,6,8,10,14H,4-5,7,9H2,1H3,(H,19,20)(H2,21,22,26,27). The minimum Gasteiger partial charge on any atom is -0.365 e. The number of imide groups is 1. The maximum atomic E-state index is 12.6. The average Bonchev–Trinajstić information content (AvgIpc) is 3.36. The first-order valence-corrected chi connectivity index (χ1v) is 8.74. The van der Waals surface area contributed by atoms with Gasteiger partial charge in [-0.1, -0.05) is 6.07 Å². The highest BCUT2D eigenvalue weighted by Gasteiger charge is 2.32.